The molecule has 3 rings (SSSR count). The molecule has 1 N–H and O–H groups in total. The van der Waals surface area contributed by atoms with E-state index in [1.165, 1.54) is 0 Å². The molecule has 0 fully saturated rings. The van der Waals surface area contributed by atoms with Crippen LogP contribution < -0.4 is 0 Å². The predicted molar refractivity (Wildman–Crippen MR) is 87.4 cm³/mol. The molecule has 3 aromatic rings. The van der Waals surface area contributed by atoms with Crippen molar-refractivity contribution in [3.63, 3.8) is 0 Å². The summed E-state index contributed by atoms with van der Waals surface area (Å²) in [5, 5.41) is 0.913. The van der Waals surface area contributed by atoms with Crippen molar-refractivity contribution >= 4 is 22.5 Å². The number of nitrogens with one attached hydrogen (secondary N) is 1. The molecule has 0 amide bonds. The van der Waals surface area contributed by atoms with Gasteiger partial charge < -0.3 is 4.98 Å². The van der Waals surface area contributed by atoms with Gasteiger partial charge in [0.15, 0.2) is 11.6 Å². The first kappa shape index (κ1) is 14.3. The molecule has 110 valence electrons. The van der Waals surface area contributed by atoms with Crippen LogP contribution in [0, 0.1) is 6.92 Å². The minimum absolute atomic E-state index is 0.00143. The topological polar surface area (TPSA) is 49.9 Å². The van der Waals surface area contributed by atoms with Gasteiger partial charge in [-0.3, -0.25) is 9.59 Å². The molecular weight excluding hydrogens is 274 g/mol. The van der Waals surface area contributed by atoms with Crippen molar-refractivity contribution in [3.8, 4) is 0 Å². The Morgan fingerprint density at radius 3 is 2.55 bits per heavy atom. The smallest absolute Gasteiger partial charge is 0.165 e. The number of benzene rings is 2. The maximum absolute atomic E-state index is 12.4. The molecule has 0 saturated carbocycles. The fraction of sp³-hybridized carbons (Fsp3) is 0.158. The minimum Gasteiger partial charge on any atom is -0.360 e. The lowest BCUT2D eigenvalue weighted by atomic mass is 10.0. The van der Waals surface area contributed by atoms with E-state index < -0.39 is 0 Å². The van der Waals surface area contributed by atoms with Gasteiger partial charge in [0.05, 0.1) is 0 Å². The van der Waals surface area contributed by atoms with Gasteiger partial charge in [0, 0.05) is 41.1 Å². The van der Waals surface area contributed by atoms with Gasteiger partial charge >= 0.3 is 0 Å². The van der Waals surface area contributed by atoms with Crippen LogP contribution in [-0.2, 0) is 0 Å². The van der Waals surface area contributed by atoms with Crippen LogP contribution in [0.5, 0.6) is 0 Å². The van der Waals surface area contributed by atoms with Crippen LogP contribution in [-0.4, -0.2) is 16.6 Å². The van der Waals surface area contributed by atoms with E-state index in [2.05, 4.69) is 4.98 Å². The number of fused-ring (bicyclic) bond motifs is 1. The fourth-order valence-corrected chi connectivity index (χ4v) is 2.63. The van der Waals surface area contributed by atoms with Gasteiger partial charge in [-0.2, -0.15) is 0 Å². The predicted octanol–water partition coefficient (Wildman–Crippen LogP) is 4.32. The molecule has 0 aliphatic carbocycles. The van der Waals surface area contributed by atoms with Crippen LogP contribution in [0.25, 0.3) is 10.9 Å². The molecule has 0 saturated heterocycles. The van der Waals surface area contributed by atoms with Gasteiger partial charge in [-0.1, -0.05) is 42.0 Å². The lowest BCUT2D eigenvalue weighted by Gasteiger charge is -2.02. The highest BCUT2D eigenvalue weighted by Crippen LogP contribution is 2.20. The Labute approximate surface area is 129 Å². The number of carbonyl (C=O) groups excluding carboxylic acids is 2. The summed E-state index contributed by atoms with van der Waals surface area (Å²) in [6.45, 7) is 1.95. The number of H-pyrrole nitrogens is 1. The second-order valence-corrected chi connectivity index (χ2v) is 5.46. The molecule has 0 radical (unpaired) electrons. The summed E-state index contributed by atoms with van der Waals surface area (Å²) in [6.07, 6.45) is 2.19. The van der Waals surface area contributed by atoms with Gasteiger partial charge in [0.1, 0.15) is 0 Å². The highest BCUT2D eigenvalue weighted by Gasteiger charge is 2.14. The zero-order chi connectivity index (χ0) is 15.5. The van der Waals surface area contributed by atoms with Crippen molar-refractivity contribution in [2.45, 2.75) is 19.8 Å². The van der Waals surface area contributed by atoms with Crippen LogP contribution >= 0.6 is 0 Å². The molecule has 0 aliphatic rings. The molecule has 3 nitrogen and oxygen atoms in total. The van der Waals surface area contributed by atoms with E-state index in [4.69, 9.17) is 0 Å². The summed E-state index contributed by atoms with van der Waals surface area (Å²) in [5.74, 6) is 0.00958. The van der Waals surface area contributed by atoms with Crippen LogP contribution in [0.3, 0.4) is 0 Å². The number of aromatic nitrogens is 1. The highest BCUT2D eigenvalue weighted by molar-refractivity contribution is 6.09. The number of hydrogen-bond donors (Lipinski definition) is 1. The SMILES string of the molecule is Cc1cccc(C(=O)CCC(=O)c2c[nH]c3ccccc23)c1. The van der Waals surface area contributed by atoms with Gasteiger partial charge in [-0.15, -0.1) is 0 Å². The summed E-state index contributed by atoms with van der Waals surface area (Å²) < 4.78 is 0. The van der Waals surface area contributed by atoms with E-state index in [-0.39, 0.29) is 24.4 Å². The Kier molecular flexibility index (Phi) is 3.88. The van der Waals surface area contributed by atoms with Gasteiger partial charge in [0.2, 0.25) is 0 Å². The average molecular weight is 291 g/mol. The standard InChI is InChI=1S/C19H17NO2/c1-13-5-4-6-14(11-13)18(21)9-10-19(22)16-12-20-17-8-3-2-7-15(16)17/h2-8,11-12,20H,9-10H2,1H3. The van der Waals surface area contributed by atoms with E-state index >= 15 is 0 Å². The van der Waals surface area contributed by atoms with Crippen molar-refractivity contribution < 1.29 is 9.59 Å². The zero-order valence-electron chi connectivity index (χ0n) is 12.4. The van der Waals surface area contributed by atoms with Crippen molar-refractivity contribution in [2.75, 3.05) is 0 Å². The zero-order valence-corrected chi connectivity index (χ0v) is 12.4. The van der Waals surface area contributed by atoms with Crippen LogP contribution in [0.4, 0.5) is 0 Å². The summed E-state index contributed by atoms with van der Waals surface area (Å²) in [5.41, 5.74) is 3.32. The summed E-state index contributed by atoms with van der Waals surface area (Å²) >= 11 is 0. The third kappa shape index (κ3) is 2.84. The first-order chi connectivity index (χ1) is 10.6. The number of ketones is 2. The van der Waals surface area contributed by atoms with Crippen LogP contribution in [0.1, 0.15) is 39.1 Å². The number of Topliss-reactive ketones (excluding diaryl/α,β-unsaturated/α-hetero) is 2. The molecule has 1 aromatic heterocycles. The third-order valence-electron chi connectivity index (χ3n) is 3.81. The van der Waals surface area contributed by atoms with Crippen molar-refractivity contribution in [3.05, 3.63) is 71.4 Å². The van der Waals surface area contributed by atoms with E-state index in [9.17, 15) is 9.59 Å². The molecule has 1 heterocycles. The van der Waals surface area contributed by atoms with Gasteiger partial charge in [-0.25, -0.2) is 0 Å². The largest absolute Gasteiger partial charge is 0.360 e. The summed E-state index contributed by atoms with van der Waals surface area (Å²) in [7, 11) is 0. The molecule has 0 bridgehead atoms. The molecule has 0 aliphatic heterocycles. The Hall–Kier alpha value is -2.68. The first-order valence-corrected chi connectivity index (χ1v) is 7.34. The Balaban J connectivity index is 1.71. The number of hydrogen-bond acceptors (Lipinski definition) is 2. The molecular formula is C19H17NO2. The molecule has 3 heteroatoms. The molecule has 0 unspecified atom stereocenters. The van der Waals surface area contributed by atoms with Crippen molar-refractivity contribution in [2.24, 2.45) is 0 Å². The Morgan fingerprint density at radius 1 is 0.955 bits per heavy atom. The summed E-state index contributed by atoms with van der Waals surface area (Å²) in [6, 6.07) is 15.2. The van der Waals surface area contributed by atoms with Crippen LogP contribution in [0.15, 0.2) is 54.7 Å². The quantitative estimate of drug-likeness (QED) is 0.712. The van der Waals surface area contributed by atoms with E-state index in [1.54, 1.807) is 12.3 Å². The molecule has 0 spiro atoms. The minimum atomic E-state index is -0.00143. The van der Waals surface area contributed by atoms with E-state index in [0.717, 1.165) is 16.5 Å². The third-order valence-corrected chi connectivity index (χ3v) is 3.81. The number of aryl methyl sites for hydroxylation is 1. The number of aromatic amines is 1. The normalized spacial score (nSPS) is 10.8. The number of rotatable bonds is 5. The lowest BCUT2D eigenvalue weighted by Crippen LogP contribution is -2.05. The lowest BCUT2D eigenvalue weighted by molar-refractivity contribution is 0.0918. The fourth-order valence-electron chi connectivity index (χ4n) is 2.63. The maximum atomic E-state index is 12.4. The van der Waals surface area contributed by atoms with Crippen molar-refractivity contribution in [1.29, 1.82) is 0 Å². The van der Waals surface area contributed by atoms with Gasteiger partial charge in [0.25, 0.3) is 0 Å². The molecule has 22 heavy (non-hydrogen) atoms. The first-order valence-electron chi connectivity index (χ1n) is 7.34. The monoisotopic (exact) mass is 291 g/mol. The molecule has 2 aromatic carbocycles. The van der Waals surface area contributed by atoms with Crippen LogP contribution in [0.2, 0.25) is 0 Å². The summed E-state index contributed by atoms with van der Waals surface area (Å²) in [4.78, 5) is 27.6. The second-order valence-electron chi connectivity index (χ2n) is 5.46. The number of carbonyl (C=O) groups is 2. The van der Waals surface area contributed by atoms with Gasteiger partial charge in [-0.05, 0) is 19.1 Å². The maximum Gasteiger partial charge on any atom is 0.165 e. The molecule has 0 atom stereocenters. The Bertz CT molecular complexity index is 845. The Morgan fingerprint density at radius 2 is 1.73 bits per heavy atom. The average Bonchev–Trinajstić information content (AvgIpc) is 2.96. The number of para-hydroxylation sites is 1. The second kappa shape index (κ2) is 5.98. The van der Waals surface area contributed by atoms with E-state index in [0.29, 0.717) is 11.1 Å². The highest BCUT2D eigenvalue weighted by atomic mass is 16.1. The van der Waals surface area contributed by atoms with Crippen molar-refractivity contribution in [1.82, 2.24) is 4.98 Å². The van der Waals surface area contributed by atoms with E-state index in [1.807, 2.05) is 49.4 Å².